The van der Waals surface area contributed by atoms with E-state index >= 15 is 0 Å². The summed E-state index contributed by atoms with van der Waals surface area (Å²) in [6.07, 6.45) is 0. The zero-order chi connectivity index (χ0) is 15.6. The SMILES string of the molecule is CNc1ccc([N+](=O)[O-])c(Nc2cc(Br)c(F)cc2C)n1. The maximum Gasteiger partial charge on any atom is 0.311 e. The highest BCUT2D eigenvalue weighted by molar-refractivity contribution is 9.10. The van der Waals surface area contributed by atoms with E-state index in [1.54, 1.807) is 14.0 Å². The highest BCUT2D eigenvalue weighted by Crippen LogP contribution is 2.31. The Kier molecular flexibility index (Phi) is 4.37. The number of rotatable bonds is 4. The van der Waals surface area contributed by atoms with Gasteiger partial charge in [-0.2, -0.15) is 0 Å². The average molecular weight is 355 g/mol. The molecule has 1 heterocycles. The molecular weight excluding hydrogens is 343 g/mol. The van der Waals surface area contributed by atoms with E-state index in [1.807, 2.05) is 0 Å². The topological polar surface area (TPSA) is 80.1 Å². The van der Waals surface area contributed by atoms with E-state index in [1.165, 1.54) is 24.3 Å². The zero-order valence-corrected chi connectivity index (χ0v) is 12.9. The molecule has 1 aromatic heterocycles. The molecule has 0 aliphatic heterocycles. The summed E-state index contributed by atoms with van der Waals surface area (Å²) in [6.45, 7) is 1.70. The Morgan fingerprint density at radius 3 is 2.71 bits per heavy atom. The maximum atomic E-state index is 13.4. The molecule has 0 bridgehead atoms. The van der Waals surface area contributed by atoms with Crippen molar-refractivity contribution in [2.45, 2.75) is 6.92 Å². The van der Waals surface area contributed by atoms with Gasteiger partial charge in [0.2, 0.25) is 5.82 Å². The van der Waals surface area contributed by atoms with Crippen LogP contribution in [0.4, 0.5) is 27.4 Å². The molecule has 0 fully saturated rings. The lowest BCUT2D eigenvalue weighted by Gasteiger charge is -2.11. The Morgan fingerprint density at radius 2 is 2.10 bits per heavy atom. The number of nitrogens with zero attached hydrogens (tertiary/aromatic N) is 2. The maximum absolute atomic E-state index is 13.4. The van der Waals surface area contributed by atoms with Gasteiger partial charge in [-0.05, 0) is 46.6 Å². The van der Waals surface area contributed by atoms with Crippen molar-refractivity contribution < 1.29 is 9.31 Å². The van der Waals surface area contributed by atoms with Crippen LogP contribution in [0.5, 0.6) is 0 Å². The van der Waals surface area contributed by atoms with Crippen molar-refractivity contribution in [3.63, 3.8) is 0 Å². The predicted octanol–water partition coefficient (Wildman–Crippen LogP) is 3.99. The van der Waals surface area contributed by atoms with E-state index in [0.717, 1.165) is 0 Å². The highest BCUT2D eigenvalue weighted by atomic mass is 79.9. The molecule has 0 saturated heterocycles. The second-order valence-electron chi connectivity index (χ2n) is 4.28. The van der Waals surface area contributed by atoms with E-state index < -0.39 is 10.7 Å². The minimum atomic E-state index is -0.525. The number of nitrogens with one attached hydrogen (secondary N) is 2. The zero-order valence-electron chi connectivity index (χ0n) is 11.3. The molecule has 110 valence electrons. The lowest BCUT2D eigenvalue weighted by molar-refractivity contribution is -0.384. The summed E-state index contributed by atoms with van der Waals surface area (Å²) in [6, 6.07) is 5.72. The Hall–Kier alpha value is -2.22. The minimum Gasteiger partial charge on any atom is -0.373 e. The fourth-order valence-electron chi connectivity index (χ4n) is 1.74. The molecular formula is C13H12BrFN4O2. The van der Waals surface area contributed by atoms with Gasteiger partial charge in [-0.25, -0.2) is 9.37 Å². The summed E-state index contributed by atoms with van der Waals surface area (Å²) in [5, 5.41) is 16.7. The summed E-state index contributed by atoms with van der Waals surface area (Å²) >= 11 is 3.09. The van der Waals surface area contributed by atoms with Crippen LogP contribution in [-0.4, -0.2) is 17.0 Å². The van der Waals surface area contributed by atoms with Crippen molar-refractivity contribution in [2.24, 2.45) is 0 Å². The van der Waals surface area contributed by atoms with Crippen LogP contribution < -0.4 is 10.6 Å². The summed E-state index contributed by atoms with van der Waals surface area (Å²) in [7, 11) is 1.66. The molecule has 1 aromatic carbocycles. The van der Waals surface area contributed by atoms with E-state index in [9.17, 15) is 14.5 Å². The van der Waals surface area contributed by atoms with Crippen molar-refractivity contribution in [1.82, 2.24) is 4.98 Å². The molecule has 2 rings (SSSR count). The van der Waals surface area contributed by atoms with Gasteiger partial charge < -0.3 is 10.6 Å². The Balaban J connectivity index is 2.47. The van der Waals surface area contributed by atoms with Gasteiger partial charge in [-0.3, -0.25) is 10.1 Å². The van der Waals surface area contributed by atoms with Gasteiger partial charge in [0, 0.05) is 18.8 Å². The molecule has 8 heteroatoms. The lowest BCUT2D eigenvalue weighted by Crippen LogP contribution is -2.03. The highest BCUT2D eigenvalue weighted by Gasteiger charge is 2.17. The third-order valence-electron chi connectivity index (χ3n) is 2.85. The number of pyridine rings is 1. The van der Waals surface area contributed by atoms with Crippen molar-refractivity contribution in [2.75, 3.05) is 17.7 Å². The van der Waals surface area contributed by atoms with Crippen LogP contribution in [0.3, 0.4) is 0 Å². The second-order valence-corrected chi connectivity index (χ2v) is 5.13. The molecule has 0 aliphatic carbocycles. The molecule has 6 nitrogen and oxygen atoms in total. The van der Waals surface area contributed by atoms with Crippen molar-refractivity contribution in [1.29, 1.82) is 0 Å². The van der Waals surface area contributed by atoms with Crippen LogP contribution in [0, 0.1) is 22.9 Å². The largest absolute Gasteiger partial charge is 0.373 e. The molecule has 2 aromatic rings. The fourth-order valence-corrected chi connectivity index (χ4v) is 2.08. The lowest BCUT2D eigenvalue weighted by atomic mass is 10.2. The first-order valence-corrected chi connectivity index (χ1v) is 6.77. The van der Waals surface area contributed by atoms with Gasteiger partial charge in [0.05, 0.1) is 9.40 Å². The Bertz CT molecular complexity index is 709. The van der Waals surface area contributed by atoms with Gasteiger partial charge in [0.25, 0.3) is 0 Å². The molecule has 0 atom stereocenters. The molecule has 21 heavy (non-hydrogen) atoms. The molecule has 0 amide bonds. The summed E-state index contributed by atoms with van der Waals surface area (Å²) in [5.74, 6) is 0.180. The van der Waals surface area contributed by atoms with Gasteiger partial charge >= 0.3 is 5.69 Å². The van der Waals surface area contributed by atoms with Crippen LogP contribution in [0.15, 0.2) is 28.7 Å². The number of nitro groups is 1. The van der Waals surface area contributed by atoms with E-state index in [-0.39, 0.29) is 16.0 Å². The number of aromatic nitrogens is 1. The quantitative estimate of drug-likeness (QED) is 0.640. The first-order chi connectivity index (χ1) is 9.92. The number of hydrogen-bond donors (Lipinski definition) is 2. The van der Waals surface area contributed by atoms with Gasteiger partial charge in [0.1, 0.15) is 11.6 Å². The van der Waals surface area contributed by atoms with Crippen molar-refractivity contribution in [3.8, 4) is 0 Å². The number of benzene rings is 1. The monoisotopic (exact) mass is 354 g/mol. The van der Waals surface area contributed by atoms with Gasteiger partial charge in [-0.1, -0.05) is 0 Å². The van der Waals surface area contributed by atoms with Crippen molar-refractivity contribution >= 4 is 38.9 Å². The average Bonchev–Trinajstić information content (AvgIpc) is 2.44. The van der Waals surface area contributed by atoms with E-state index in [4.69, 9.17) is 0 Å². The third kappa shape index (κ3) is 3.27. The van der Waals surface area contributed by atoms with Crippen LogP contribution in [0.1, 0.15) is 5.56 Å². The Morgan fingerprint density at radius 1 is 1.38 bits per heavy atom. The third-order valence-corrected chi connectivity index (χ3v) is 3.45. The summed E-state index contributed by atoms with van der Waals surface area (Å²) in [5.41, 5.74) is 0.989. The second kappa shape index (κ2) is 6.04. The predicted molar refractivity (Wildman–Crippen MR) is 82.6 cm³/mol. The Labute approximate surface area is 128 Å². The summed E-state index contributed by atoms with van der Waals surface area (Å²) in [4.78, 5) is 14.7. The van der Waals surface area contributed by atoms with Gasteiger partial charge in [0.15, 0.2) is 0 Å². The molecule has 0 unspecified atom stereocenters. The number of hydrogen-bond acceptors (Lipinski definition) is 5. The standard InChI is InChI=1S/C13H12BrFN4O2/c1-7-5-9(15)8(14)6-10(7)17-13-11(19(20)21)3-4-12(16-2)18-13/h3-6H,1-2H3,(H2,16,17,18). The summed E-state index contributed by atoms with van der Waals surface area (Å²) < 4.78 is 13.7. The smallest absolute Gasteiger partial charge is 0.311 e. The number of aryl methyl sites for hydroxylation is 1. The fraction of sp³-hybridized carbons (Fsp3) is 0.154. The van der Waals surface area contributed by atoms with Crippen molar-refractivity contribution in [3.05, 3.63) is 50.2 Å². The minimum absolute atomic E-state index is 0.0912. The first-order valence-electron chi connectivity index (χ1n) is 5.98. The van der Waals surface area contributed by atoms with E-state index in [0.29, 0.717) is 17.1 Å². The van der Waals surface area contributed by atoms with Crippen LogP contribution in [0.25, 0.3) is 0 Å². The van der Waals surface area contributed by atoms with E-state index in [2.05, 4.69) is 31.5 Å². The molecule has 0 saturated carbocycles. The van der Waals surface area contributed by atoms with Crippen LogP contribution in [-0.2, 0) is 0 Å². The normalized spacial score (nSPS) is 10.3. The number of halogens is 2. The molecule has 2 N–H and O–H groups in total. The first kappa shape index (κ1) is 15.2. The van der Waals surface area contributed by atoms with Crippen LogP contribution in [0.2, 0.25) is 0 Å². The molecule has 0 spiro atoms. The van der Waals surface area contributed by atoms with Gasteiger partial charge in [-0.15, -0.1) is 0 Å². The molecule has 0 radical (unpaired) electrons. The van der Waals surface area contributed by atoms with Crippen LogP contribution >= 0.6 is 15.9 Å². The number of anilines is 3. The molecule has 0 aliphatic rings.